The number of aliphatic hydroxyl groups is 1. The first kappa shape index (κ1) is 24.3. The molecule has 2 N–H and O–H groups in total. The summed E-state index contributed by atoms with van der Waals surface area (Å²) in [6.07, 6.45) is 4.63. The van der Waals surface area contributed by atoms with E-state index in [4.69, 9.17) is 19.4 Å². The van der Waals surface area contributed by atoms with Crippen molar-refractivity contribution in [1.29, 1.82) is 0 Å². The molecule has 0 radical (unpaired) electrons. The third kappa shape index (κ3) is 4.96. The van der Waals surface area contributed by atoms with Gasteiger partial charge in [0.2, 0.25) is 5.95 Å². The first-order chi connectivity index (χ1) is 18.1. The summed E-state index contributed by atoms with van der Waals surface area (Å²) in [5, 5.41) is 12.9. The lowest BCUT2D eigenvalue weighted by Crippen LogP contribution is -2.06. The van der Waals surface area contributed by atoms with Gasteiger partial charge in [-0.15, -0.1) is 0 Å². The molecule has 2 aromatic carbocycles. The second kappa shape index (κ2) is 10.7. The van der Waals surface area contributed by atoms with Gasteiger partial charge in [0.15, 0.2) is 0 Å². The Morgan fingerprint density at radius 2 is 1.76 bits per heavy atom. The highest BCUT2D eigenvalue weighted by molar-refractivity contribution is 5.81. The summed E-state index contributed by atoms with van der Waals surface area (Å²) in [6.45, 7) is 2.57. The smallest absolute Gasteiger partial charge is 0.223 e. The number of aromatic nitrogens is 4. The fourth-order valence-corrected chi connectivity index (χ4v) is 4.28. The number of nitrogens with zero attached hydrogens (tertiary/aromatic N) is 4. The zero-order valence-corrected chi connectivity index (χ0v) is 21.1. The molecule has 5 rings (SSSR count). The van der Waals surface area contributed by atoms with Crippen LogP contribution in [0.1, 0.15) is 23.6 Å². The summed E-state index contributed by atoms with van der Waals surface area (Å²) in [4.78, 5) is 14.2. The molecule has 0 aliphatic heterocycles. The third-order valence-corrected chi connectivity index (χ3v) is 6.34. The number of hydrogen-bond acceptors (Lipinski definition) is 7. The van der Waals surface area contributed by atoms with Crippen LogP contribution < -0.4 is 14.8 Å². The van der Waals surface area contributed by atoms with Gasteiger partial charge < -0.3 is 19.9 Å². The highest BCUT2D eigenvalue weighted by atomic mass is 16.5. The minimum atomic E-state index is -0.0460. The number of imidazole rings is 1. The SMILES string of the molecule is CCc1ccc(-c2nc3cc(CO)ccn3c2-c2ccnc(NCc3ccc(OC)cc3OC)n2)cc1. The van der Waals surface area contributed by atoms with Crippen LogP contribution in [0.15, 0.2) is 73.1 Å². The Morgan fingerprint density at radius 3 is 2.49 bits per heavy atom. The van der Waals surface area contributed by atoms with Crippen LogP contribution in [0.4, 0.5) is 5.95 Å². The van der Waals surface area contributed by atoms with Crippen LogP contribution in [0.5, 0.6) is 11.5 Å². The quantitative estimate of drug-likeness (QED) is 0.292. The summed E-state index contributed by atoms with van der Waals surface area (Å²) < 4.78 is 12.8. The maximum atomic E-state index is 9.64. The molecule has 3 heterocycles. The number of methoxy groups -OCH3 is 2. The molecule has 0 unspecified atom stereocenters. The van der Waals surface area contributed by atoms with Crippen molar-refractivity contribution in [3.63, 3.8) is 0 Å². The minimum absolute atomic E-state index is 0.0460. The minimum Gasteiger partial charge on any atom is -0.497 e. The molecule has 3 aromatic heterocycles. The molecular weight excluding hydrogens is 466 g/mol. The van der Waals surface area contributed by atoms with Crippen molar-refractivity contribution in [3.05, 3.63) is 89.7 Å². The fourth-order valence-electron chi connectivity index (χ4n) is 4.28. The average Bonchev–Trinajstić information content (AvgIpc) is 3.34. The van der Waals surface area contributed by atoms with Crippen LogP contribution in [-0.2, 0) is 19.6 Å². The van der Waals surface area contributed by atoms with Gasteiger partial charge in [0.25, 0.3) is 0 Å². The molecule has 0 saturated heterocycles. The number of benzene rings is 2. The number of hydrogen-bond donors (Lipinski definition) is 2. The van der Waals surface area contributed by atoms with Crippen LogP contribution in [0.3, 0.4) is 0 Å². The lowest BCUT2D eigenvalue weighted by atomic mass is 10.1. The van der Waals surface area contributed by atoms with Gasteiger partial charge in [-0.2, -0.15) is 0 Å². The van der Waals surface area contributed by atoms with Crippen LogP contribution in [0.2, 0.25) is 0 Å². The lowest BCUT2D eigenvalue weighted by molar-refractivity contribution is 0.282. The maximum absolute atomic E-state index is 9.64. The van der Waals surface area contributed by atoms with Gasteiger partial charge in [-0.05, 0) is 47.9 Å². The van der Waals surface area contributed by atoms with E-state index in [2.05, 4.69) is 41.5 Å². The second-order valence-electron chi connectivity index (χ2n) is 8.58. The molecule has 8 heteroatoms. The monoisotopic (exact) mass is 495 g/mol. The first-order valence-electron chi connectivity index (χ1n) is 12.1. The molecule has 0 fully saturated rings. The van der Waals surface area contributed by atoms with E-state index in [0.29, 0.717) is 12.5 Å². The predicted molar refractivity (Wildman–Crippen MR) is 144 cm³/mol. The molecule has 8 nitrogen and oxygen atoms in total. The standard InChI is InChI=1S/C29H29N5O3/c1-4-19-5-7-21(8-6-19)27-28(34-14-12-20(18-35)15-26(34)33-27)24-11-13-30-29(32-24)31-17-22-9-10-23(36-2)16-25(22)37-3/h5-16,35H,4,17-18H2,1-3H3,(H,30,31,32). The van der Waals surface area contributed by atoms with Gasteiger partial charge in [-0.1, -0.05) is 31.2 Å². The second-order valence-corrected chi connectivity index (χ2v) is 8.58. The highest BCUT2D eigenvalue weighted by Gasteiger charge is 2.18. The molecule has 0 amide bonds. The highest BCUT2D eigenvalue weighted by Crippen LogP contribution is 2.33. The Morgan fingerprint density at radius 1 is 0.919 bits per heavy atom. The Bertz CT molecular complexity index is 1530. The predicted octanol–water partition coefficient (Wildman–Crippen LogP) is 5.14. The van der Waals surface area contributed by atoms with Gasteiger partial charge >= 0.3 is 0 Å². The van der Waals surface area contributed by atoms with Crippen molar-refractivity contribution >= 4 is 11.6 Å². The van der Waals surface area contributed by atoms with E-state index < -0.39 is 0 Å². The summed E-state index contributed by atoms with van der Waals surface area (Å²) in [7, 11) is 3.26. The molecule has 0 spiro atoms. The summed E-state index contributed by atoms with van der Waals surface area (Å²) in [6, 6.07) is 19.8. The summed E-state index contributed by atoms with van der Waals surface area (Å²) in [5.41, 5.74) is 7.17. The maximum Gasteiger partial charge on any atom is 0.223 e. The van der Waals surface area contributed by atoms with Crippen molar-refractivity contribution in [2.45, 2.75) is 26.5 Å². The molecule has 188 valence electrons. The zero-order chi connectivity index (χ0) is 25.8. The van der Waals surface area contributed by atoms with E-state index in [0.717, 1.165) is 57.3 Å². The van der Waals surface area contributed by atoms with Crippen molar-refractivity contribution in [1.82, 2.24) is 19.4 Å². The van der Waals surface area contributed by atoms with Crippen LogP contribution in [0.25, 0.3) is 28.3 Å². The Balaban J connectivity index is 1.53. The topological polar surface area (TPSA) is 93.8 Å². The molecule has 0 saturated carbocycles. The van der Waals surface area contributed by atoms with Gasteiger partial charge in [0.1, 0.15) is 17.1 Å². The Kier molecular flexibility index (Phi) is 7.00. The molecule has 37 heavy (non-hydrogen) atoms. The molecule has 0 aliphatic carbocycles. The third-order valence-electron chi connectivity index (χ3n) is 6.34. The van der Waals surface area contributed by atoms with Crippen molar-refractivity contribution in [2.24, 2.45) is 0 Å². The van der Waals surface area contributed by atoms with E-state index >= 15 is 0 Å². The normalized spacial score (nSPS) is 11.0. The number of pyridine rings is 1. The number of rotatable bonds is 9. The Hall–Kier alpha value is -4.43. The van der Waals surface area contributed by atoms with E-state index in [1.807, 2.05) is 47.0 Å². The van der Waals surface area contributed by atoms with E-state index in [-0.39, 0.29) is 6.61 Å². The largest absolute Gasteiger partial charge is 0.497 e. The van der Waals surface area contributed by atoms with Crippen molar-refractivity contribution in [2.75, 3.05) is 19.5 Å². The molecule has 0 aliphatic rings. The lowest BCUT2D eigenvalue weighted by Gasteiger charge is -2.12. The Labute approximate surface area is 215 Å². The van der Waals surface area contributed by atoms with Crippen LogP contribution >= 0.6 is 0 Å². The van der Waals surface area contributed by atoms with Crippen LogP contribution in [0, 0.1) is 0 Å². The summed E-state index contributed by atoms with van der Waals surface area (Å²) in [5.74, 6) is 1.95. The zero-order valence-electron chi connectivity index (χ0n) is 21.1. The van der Waals surface area contributed by atoms with E-state index in [1.54, 1.807) is 20.4 Å². The number of aryl methyl sites for hydroxylation is 1. The number of anilines is 1. The van der Waals surface area contributed by atoms with Gasteiger partial charge in [0.05, 0.1) is 37.9 Å². The number of aliphatic hydroxyl groups excluding tert-OH is 1. The molecule has 0 bridgehead atoms. The molecule has 5 aromatic rings. The van der Waals surface area contributed by atoms with E-state index in [1.165, 1.54) is 5.56 Å². The van der Waals surface area contributed by atoms with Crippen molar-refractivity contribution < 1.29 is 14.6 Å². The molecular formula is C29H29N5O3. The molecule has 0 atom stereocenters. The van der Waals surface area contributed by atoms with Crippen LogP contribution in [-0.4, -0.2) is 38.7 Å². The van der Waals surface area contributed by atoms with Crippen molar-refractivity contribution in [3.8, 4) is 34.1 Å². The van der Waals surface area contributed by atoms with Gasteiger partial charge in [0, 0.05) is 36.1 Å². The van der Waals surface area contributed by atoms with Gasteiger partial charge in [-0.25, -0.2) is 15.0 Å². The summed E-state index contributed by atoms with van der Waals surface area (Å²) >= 11 is 0. The van der Waals surface area contributed by atoms with Gasteiger partial charge in [-0.3, -0.25) is 4.40 Å². The first-order valence-corrected chi connectivity index (χ1v) is 12.1. The number of nitrogens with one attached hydrogen (secondary N) is 1. The number of fused-ring (bicyclic) bond motifs is 1. The average molecular weight is 496 g/mol. The number of ether oxygens (including phenoxy) is 2. The fraction of sp³-hybridized carbons (Fsp3) is 0.207. The van der Waals surface area contributed by atoms with E-state index in [9.17, 15) is 5.11 Å².